The number of allylic oxidation sites excluding steroid dienone is 1. The predicted molar refractivity (Wildman–Crippen MR) is 169 cm³/mol. The van der Waals surface area contributed by atoms with Crippen LogP contribution in [0, 0.1) is 5.92 Å². The molecule has 12 nitrogen and oxygen atoms in total. The third-order valence-electron chi connectivity index (χ3n) is 8.52. The quantitative estimate of drug-likeness (QED) is 0.386. The average Bonchev–Trinajstić information content (AvgIpc) is 3.43. The smallest absolute Gasteiger partial charge is 0.408 e. The summed E-state index contributed by atoms with van der Waals surface area (Å²) in [6, 6.07) is 7.71. The SMILES string of the molecule is CN(CCc1ccccc1)S(=O)(=O)NC(=O)[C@@]12C[C@H]1/C=C\CCCCC[C@H](NC(=O)OC(C)(C)C)C(=O)N1CCC[C@H]1C(=O)N2. The summed E-state index contributed by atoms with van der Waals surface area (Å²) in [6.07, 6.45) is 8.25. The van der Waals surface area contributed by atoms with Crippen molar-refractivity contribution in [3.63, 3.8) is 0 Å². The van der Waals surface area contributed by atoms with Crippen LogP contribution in [0.5, 0.6) is 0 Å². The number of amides is 4. The standard InChI is InChI=1S/C32H47N5O7S/c1-31(2,3)44-30(41)33-25-17-12-7-5-6-11-16-24-22-32(24,34-27(38)26-18-13-20-37(26)28(25)39)29(40)35-45(42,43)36(4)21-19-23-14-9-8-10-15-23/h8-11,14-16,24-26H,5-7,12-13,17-22H2,1-4H3,(H,33,41)(H,34,38)(H,35,40)/b16-11-/t24-,25+,26+,32-/m1/s1. The van der Waals surface area contributed by atoms with E-state index < -0.39 is 51.3 Å². The minimum Gasteiger partial charge on any atom is -0.444 e. The fourth-order valence-electron chi connectivity index (χ4n) is 5.88. The van der Waals surface area contributed by atoms with Gasteiger partial charge in [-0.2, -0.15) is 12.7 Å². The molecule has 0 spiro atoms. The van der Waals surface area contributed by atoms with E-state index in [0.29, 0.717) is 38.6 Å². The first-order valence-electron chi connectivity index (χ1n) is 15.8. The molecule has 0 radical (unpaired) electrons. The Bertz CT molecular complexity index is 1380. The summed E-state index contributed by atoms with van der Waals surface area (Å²) in [6.45, 7) is 5.71. The number of hydrogen-bond donors (Lipinski definition) is 3. The number of ether oxygens (including phenoxy) is 1. The van der Waals surface area contributed by atoms with E-state index in [1.54, 1.807) is 20.8 Å². The number of nitrogens with one attached hydrogen (secondary N) is 3. The number of hydrogen-bond acceptors (Lipinski definition) is 7. The van der Waals surface area contributed by atoms with Gasteiger partial charge in [-0.15, -0.1) is 0 Å². The zero-order valence-corrected chi connectivity index (χ0v) is 27.5. The Morgan fingerprint density at radius 1 is 1.09 bits per heavy atom. The van der Waals surface area contributed by atoms with Crippen LogP contribution in [-0.2, 0) is 35.8 Å². The van der Waals surface area contributed by atoms with Gasteiger partial charge < -0.3 is 20.3 Å². The van der Waals surface area contributed by atoms with E-state index in [0.717, 1.165) is 29.1 Å². The maximum Gasteiger partial charge on any atom is 0.408 e. The first kappa shape index (κ1) is 34.4. The second-order valence-corrected chi connectivity index (χ2v) is 15.0. The molecule has 2 aliphatic heterocycles. The summed E-state index contributed by atoms with van der Waals surface area (Å²) in [5, 5.41) is 5.55. The first-order valence-corrected chi connectivity index (χ1v) is 17.3. The highest BCUT2D eigenvalue weighted by atomic mass is 32.2. The number of benzene rings is 1. The van der Waals surface area contributed by atoms with Gasteiger partial charge in [0.2, 0.25) is 11.8 Å². The van der Waals surface area contributed by atoms with E-state index in [2.05, 4.69) is 15.4 Å². The van der Waals surface area contributed by atoms with Gasteiger partial charge >= 0.3 is 16.3 Å². The Balaban J connectivity index is 1.50. The molecule has 1 saturated heterocycles. The van der Waals surface area contributed by atoms with Gasteiger partial charge in [-0.05, 0) is 71.3 Å². The van der Waals surface area contributed by atoms with Crippen LogP contribution in [0.4, 0.5) is 4.79 Å². The minimum absolute atomic E-state index is 0.160. The molecule has 13 heteroatoms. The lowest BCUT2D eigenvalue weighted by molar-refractivity contribution is -0.141. The molecule has 2 fully saturated rings. The maximum absolute atomic E-state index is 13.7. The summed E-state index contributed by atoms with van der Waals surface area (Å²) in [5.74, 6) is -2.09. The van der Waals surface area contributed by atoms with Crippen LogP contribution in [-0.4, -0.2) is 84.8 Å². The second-order valence-electron chi connectivity index (χ2n) is 13.2. The monoisotopic (exact) mass is 645 g/mol. The molecule has 4 rings (SSSR count). The lowest BCUT2D eigenvalue weighted by Gasteiger charge is -2.30. The van der Waals surface area contributed by atoms with Gasteiger partial charge in [-0.1, -0.05) is 55.3 Å². The van der Waals surface area contributed by atoms with E-state index >= 15 is 0 Å². The van der Waals surface area contributed by atoms with Gasteiger partial charge in [0.25, 0.3) is 5.91 Å². The molecule has 1 saturated carbocycles. The number of fused-ring (bicyclic) bond motifs is 2. The molecule has 0 aromatic heterocycles. The topological polar surface area (TPSA) is 154 Å². The third kappa shape index (κ3) is 9.06. The zero-order chi connectivity index (χ0) is 32.8. The van der Waals surface area contributed by atoms with E-state index in [-0.39, 0.29) is 24.8 Å². The molecule has 1 aromatic rings. The fourth-order valence-corrected chi connectivity index (χ4v) is 6.78. The summed E-state index contributed by atoms with van der Waals surface area (Å²) in [5.41, 5.74) is -1.23. The number of rotatable bonds is 7. The third-order valence-corrected chi connectivity index (χ3v) is 9.96. The molecule has 45 heavy (non-hydrogen) atoms. The summed E-state index contributed by atoms with van der Waals surface area (Å²) < 4.78 is 35.0. The van der Waals surface area contributed by atoms with E-state index in [9.17, 15) is 27.6 Å². The Hall–Kier alpha value is -3.45. The number of carbonyl (C=O) groups excluding carboxylic acids is 4. The van der Waals surface area contributed by atoms with Crippen molar-refractivity contribution in [3.05, 3.63) is 48.0 Å². The zero-order valence-electron chi connectivity index (χ0n) is 26.7. The van der Waals surface area contributed by atoms with Crippen molar-refractivity contribution < 1.29 is 32.3 Å². The Morgan fingerprint density at radius 3 is 2.53 bits per heavy atom. The van der Waals surface area contributed by atoms with Crippen molar-refractivity contribution in [2.75, 3.05) is 20.1 Å². The highest BCUT2D eigenvalue weighted by molar-refractivity contribution is 7.87. The first-order chi connectivity index (χ1) is 21.2. The minimum atomic E-state index is -4.19. The van der Waals surface area contributed by atoms with Crippen LogP contribution in [0.2, 0.25) is 0 Å². The molecule has 2 heterocycles. The number of likely N-dealkylation sites (N-methyl/N-ethyl adjacent to an activating group) is 1. The Kier molecular flexibility index (Phi) is 11.0. The van der Waals surface area contributed by atoms with Crippen molar-refractivity contribution in [2.45, 2.75) is 102 Å². The Labute approximate surface area is 266 Å². The van der Waals surface area contributed by atoms with Crippen LogP contribution in [0.15, 0.2) is 42.5 Å². The van der Waals surface area contributed by atoms with Crippen molar-refractivity contribution in [3.8, 4) is 0 Å². The van der Waals surface area contributed by atoms with Crippen LogP contribution in [0.1, 0.15) is 77.7 Å². The second kappa shape index (κ2) is 14.3. The lowest BCUT2D eigenvalue weighted by atomic mass is 10.0. The van der Waals surface area contributed by atoms with E-state index in [1.807, 2.05) is 42.5 Å². The number of carbonyl (C=O) groups is 4. The maximum atomic E-state index is 13.7. The van der Waals surface area contributed by atoms with Crippen LogP contribution in [0.3, 0.4) is 0 Å². The Morgan fingerprint density at radius 2 is 1.82 bits per heavy atom. The van der Waals surface area contributed by atoms with Gasteiger partial charge in [-0.3, -0.25) is 14.4 Å². The molecular formula is C32H47N5O7S. The number of alkyl carbamates (subject to hydrolysis) is 1. The fraction of sp³-hybridized carbons (Fsp3) is 0.625. The lowest BCUT2D eigenvalue weighted by Crippen LogP contribution is -2.59. The van der Waals surface area contributed by atoms with Crippen LogP contribution < -0.4 is 15.4 Å². The van der Waals surface area contributed by atoms with Gasteiger partial charge in [-0.25, -0.2) is 9.52 Å². The summed E-state index contributed by atoms with van der Waals surface area (Å²) >= 11 is 0. The molecule has 4 amide bonds. The predicted octanol–water partition coefficient (Wildman–Crippen LogP) is 2.80. The van der Waals surface area contributed by atoms with Crippen molar-refractivity contribution in [1.82, 2.24) is 24.6 Å². The molecule has 248 valence electrons. The van der Waals surface area contributed by atoms with Gasteiger partial charge in [0.05, 0.1) is 0 Å². The molecule has 3 N–H and O–H groups in total. The number of nitrogens with zero attached hydrogens (tertiary/aromatic N) is 2. The normalized spacial score (nSPS) is 26.9. The molecule has 4 atom stereocenters. The highest BCUT2D eigenvalue weighted by Crippen LogP contribution is 2.45. The molecule has 3 aliphatic rings. The van der Waals surface area contributed by atoms with E-state index in [4.69, 9.17) is 4.74 Å². The van der Waals surface area contributed by atoms with Gasteiger partial charge in [0.15, 0.2) is 0 Å². The van der Waals surface area contributed by atoms with Crippen molar-refractivity contribution in [1.29, 1.82) is 0 Å². The van der Waals surface area contributed by atoms with Crippen LogP contribution in [0.25, 0.3) is 0 Å². The molecule has 1 aromatic carbocycles. The highest BCUT2D eigenvalue weighted by Gasteiger charge is 2.61. The van der Waals surface area contributed by atoms with Crippen molar-refractivity contribution >= 4 is 34.0 Å². The summed E-state index contributed by atoms with van der Waals surface area (Å²) in [4.78, 5) is 55.2. The summed E-state index contributed by atoms with van der Waals surface area (Å²) in [7, 11) is -2.79. The van der Waals surface area contributed by atoms with Crippen LogP contribution >= 0.6 is 0 Å². The van der Waals surface area contributed by atoms with E-state index in [1.165, 1.54) is 11.9 Å². The average molecular weight is 646 g/mol. The molecule has 0 unspecified atom stereocenters. The van der Waals surface area contributed by atoms with Gasteiger partial charge in [0.1, 0.15) is 23.2 Å². The molecule has 0 bridgehead atoms. The molecule has 1 aliphatic carbocycles. The van der Waals surface area contributed by atoms with Gasteiger partial charge in [0, 0.05) is 26.1 Å². The largest absolute Gasteiger partial charge is 0.444 e. The molecular weight excluding hydrogens is 598 g/mol. The van der Waals surface area contributed by atoms with Crippen molar-refractivity contribution in [2.24, 2.45) is 5.92 Å².